The fourth-order valence-corrected chi connectivity index (χ4v) is 2.83. The first-order chi connectivity index (χ1) is 13.4. The van der Waals surface area contributed by atoms with E-state index in [0.717, 1.165) is 22.6 Å². The molecule has 3 aromatic rings. The number of nitrogens with zero attached hydrogens (tertiary/aromatic N) is 1. The Labute approximate surface area is 167 Å². The van der Waals surface area contributed by atoms with Crippen LogP contribution < -0.4 is 4.74 Å². The van der Waals surface area contributed by atoms with E-state index in [0.29, 0.717) is 12.4 Å². The molecule has 0 N–H and O–H groups in total. The van der Waals surface area contributed by atoms with Gasteiger partial charge in [0.1, 0.15) is 30.5 Å². The van der Waals surface area contributed by atoms with Crippen molar-refractivity contribution in [1.29, 1.82) is 0 Å². The number of halogens is 2. The number of carbonyl (C=O) groups excluding carboxylic acids is 1. The molecule has 0 aliphatic carbocycles. The highest BCUT2D eigenvalue weighted by Crippen LogP contribution is 2.21. The SMILES string of the molecule is Cc1noc(C)c1COc1ccc(CC(=O)OCc2c(F)cccc2Cl)cc1. The van der Waals surface area contributed by atoms with Crippen molar-refractivity contribution in [2.75, 3.05) is 0 Å². The molecule has 0 aliphatic heterocycles. The van der Waals surface area contributed by atoms with Crippen LogP contribution in [0.5, 0.6) is 5.75 Å². The molecular weight excluding hydrogens is 385 g/mol. The van der Waals surface area contributed by atoms with E-state index < -0.39 is 11.8 Å². The van der Waals surface area contributed by atoms with Gasteiger partial charge in [-0.25, -0.2) is 4.39 Å². The van der Waals surface area contributed by atoms with Gasteiger partial charge in [-0.1, -0.05) is 35.0 Å². The van der Waals surface area contributed by atoms with E-state index >= 15 is 0 Å². The molecule has 0 radical (unpaired) electrons. The third-order valence-electron chi connectivity index (χ3n) is 4.28. The highest BCUT2D eigenvalue weighted by atomic mass is 35.5. The van der Waals surface area contributed by atoms with E-state index in [4.69, 9.17) is 25.6 Å². The third-order valence-corrected chi connectivity index (χ3v) is 4.63. The number of aromatic nitrogens is 1. The molecule has 0 fully saturated rings. The Kier molecular flexibility index (Phi) is 6.31. The van der Waals surface area contributed by atoms with Crippen LogP contribution in [0.3, 0.4) is 0 Å². The Morgan fingerprint density at radius 3 is 2.50 bits per heavy atom. The maximum absolute atomic E-state index is 13.7. The maximum Gasteiger partial charge on any atom is 0.310 e. The lowest BCUT2D eigenvalue weighted by molar-refractivity contribution is -0.144. The molecule has 0 aliphatic rings. The summed E-state index contributed by atoms with van der Waals surface area (Å²) in [5.41, 5.74) is 2.64. The van der Waals surface area contributed by atoms with E-state index in [2.05, 4.69) is 5.16 Å². The molecule has 0 saturated heterocycles. The lowest BCUT2D eigenvalue weighted by Gasteiger charge is -2.09. The first-order valence-corrected chi connectivity index (χ1v) is 9.04. The van der Waals surface area contributed by atoms with Gasteiger partial charge in [0.2, 0.25) is 0 Å². The molecule has 1 aromatic heterocycles. The summed E-state index contributed by atoms with van der Waals surface area (Å²) in [5.74, 6) is 0.422. The van der Waals surface area contributed by atoms with Gasteiger partial charge in [0, 0.05) is 5.56 Å². The lowest BCUT2D eigenvalue weighted by atomic mass is 10.1. The van der Waals surface area contributed by atoms with Crippen molar-refractivity contribution < 1.29 is 23.2 Å². The molecule has 5 nitrogen and oxygen atoms in total. The first-order valence-electron chi connectivity index (χ1n) is 8.66. The van der Waals surface area contributed by atoms with Crippen LogP contribution >= 0.6 is 11.6 Å². The monoisotopic (exact) mass is 403 g/mol. The van der Waals surface area contributed by atoms with Crippen molar-refractivity contribution in [1.82, 2.24) is 5.16 Å². The Bertz CT molecular complexity index is 929. The van der Waals surface area contributed by atoms with E-state index in [9.17, 15) is 9.18 Å². The summed E-state index contributed by atoms with van der Waals surface area (Å²) in [4.78, 5) is 12.0. The van der Waals surface area contributed by atoms with Gasteiger partial charge in [-0.3, -0.25) is 4.79 Å². The van der Waals surface area contributed by atoms with Crippen molar-refractivity contribution >= 4 is 17.6 Å². The standard InChI is InChI=1S/C21H19ClFNO4/c1-13-17(14(2)28-24-13)11-26-16-8-6-15(7-9-16)10-21(25)27-12-18-19(22)4-3-5-20(18)23/h3-9H,10-12H2,1-2H3. The number of rotatable bonds is 7. The zero-order valence-electron chi connectivity index (χ0n) is 15.5. The number of hydrogen-bond acceptors (Lipinski definition) is 5. The molecule has 1 heterocycles. The number of hydrogen-bond donors (Lipinski definition) is 0. The van der Waals surface area contributed by atoms with Crippen LogP contribution in [0, 0.1) is 19.7 Å². The number of ether oxygens (including phenoxy) is 2. The van der Waals surface area contributed by atoms with E-state index in [1.54, 1.807) is 30.3 Å². The van der Waals surface area contributed by atoms with Gasteiger partial charge in [-0.05, 0) is 43.7 Å². The van der Waals surface area contributed by atoms with Crippen molar-refractivity contribution in [3.63, 3.8) is 0 Å². The maximum atomic E-state index is 13.7. The summed E-state index contributed by atoms with van der Waals surface area (Å²) in [6.45, 7) is 3.84. The van der Waals surface area contributed by atoms with E-state index in [1.165, 1.54) is 12.1 Å². The second kappa shape index (κ2) is 8.89. The van der Waals surface area contributed by atoms with Gasteiger partial charge in [-0.15, -0.1) is 0 Å². The predicted octanol–water partition coefficient (Wildman–Crippen LogP) is 4.95. The fraction of sp³-hybridized carbons (Fsp3) is 0.238. The zero-order valence-corrected chi connectivity index (χ0v) is 16.3. The summed E-state index contributed by atoms with van der Waals surface area (Å²) < 4.78 is 29.7. The van der Waals surface area contributed by atoms with Crippen molar-refractivity contribution in [3.05, 3.63) is 81.4 Å². The molecule has 0 saturated carbocycles. The Morgan fingerprint density at radius 2 is 1.86 bits per heavy atom. The number of aryl methyl sites for hydroxylation is 2. The Balaban J connectivity index is 1.51. The first kappa shape index (κ1) is 19.9. The summed E-state index contributed by atoms with van der Waals surface area (Å²) in [5, 5.41) is 4.12. The minimum Gasteiger partial charge on any atom is -0.489 e. The smallest absolute Gasteiger partial charge is 0.310 e. The highest BCUT2D eigenvalue weighted by Gasteiger charge is 2.12. The normalized spacial score (nSPS) is 10.7. The van der Waals surface area contributed by atoms with Crippen molar-refractivity contribution in [2.45, 2.75) is 33.5 Å². The summed E-state index contributed by atoms with van der Waals surface area (Å²) in [6, 6.07) is 11.4. The summed E-state index contributed by atoms with van der Waals surface area (Å²) >= 11 is 5.92. The van der Waals surface area contributed by atoms with Crippen LogP contribution in [-0.4, -0.2) is 11.1 Å². The minimum absolute atomic E-state index is 0.0657. The molecule has 0 spiro atoms. The topological polar surface area (TPSA) is 61.6 Å². The molecule has 7 heteroatoms. The van der Waals surface area contributed by atoms with Crippen LogP contribution in [0.25, 0.3) is 0 Å². The Hall–Kier alpha value is -2.86. The second-order valence-electron chi connectivity index (χ2n) is 6.27. The van der Waals surface area contributed by atoms with Gasteiger partial charge in [0.15, 0.2) is 0 Å². The molecule has 0 bridgehead atoms. The van der Waals surface area contributed by atoms with Crippen LogP contribution in [0.15, 0.2) is 47.0 Å². The summed E-state index contributed by atoms with van der Waals surface area (Å²) in [7, 11) is 0. The zero-order chi connectivity index (χ0) is 20.1. The molecule has 0 atom stereocenters. The largest absolute Gasteiger partial charge is 0.489 e. The van der Waals surface area contributed by atoms with Gasteiger partial charge in [0.25, 0.3) is 0 Å². The molecule has 0 amide bonds. The van der Waals surface area contributed by atoms with Crippen LogP contribution in [0.4, 0.5) is 4.39 Å². The highest BCUT2D eigenvalue weighted by molar-refractivity contribution is 6.31. The molecule has 28 heavy (non-hydrogen) atoms. The molecular formula is C21H19ClFNO4. The molecule has 146 valence electrons. The average Bonchev–Trinajstić information content (AvgIpc) is 2.98. The van der Waals surface area contributed by atoms with Crippen LogP contribution in [-0.2, 0) is 29.2 Å². The van der Waals surface area contributed by atoms with Crippen molar-refractivity contribution in [2.24, 2.45) is 0 Å². The second-order valence-corrected chi connectivity index (χ2v) is 6.68. The molecule has 2 aromatic carbocycles. The van der Waals surface area contributed by atoms with Crippen LogP contribution in [0.1, 0.15) is 28.1 Å². The summed E-state index contributed by atoms with van der Waals surface area (Å²) in [6.07, 6.45) is 0.0657. The van der Waals surface area contributed by atoms with Gasteiger partial charge >= 0.3 is 5.97 Å². The lowest BCUT2D eigenvalue weighted by Crippen LogP contribution is -2.09. The Morgan fingerprint density at radius 1 is 1.11 bits per heavy atom. The van der Waals surface area contributed by atoms with Crippen molar-refractivity contribution in [3.8, 4) is 5.75 Å². The van der Waals surface area contributed by atoms with Gasteiger partial charge in [0.05, 0.1) is 22.7 Å². The predicted molar refractivity (Wildman–Crippen MR) is 102 cm³/mol. The number of carbonyl (C=O) groups is 1. The number of esters is 1. The van der Waals surface area contributed by atoms with Gasteiger partial charge < -0.3 is 14.0 Å². The van der Waals surface area contributed by atoms with E-state index in [1.807, 2.05) is 13.8 Å². The minimum atomic E-state index is -0.500. The average molecular weight is 404 g/mol. The molecule has 0 unspecified atom stereocenters. The fourth-order valence-electron chi connectivity index (χ4n) is 2.61. The number of benzene rings is 2. The molecule has 3 rings (SSSR count). The third kappa shape index (κ3) is 4.89. The quantitative estimate of drug-likeness (QED) is 0.522. The van der Waals surface area contributed by atoms with Crippen LogP contribution in [0.2, 0.25) is 5.02 Å². The van der Waals surface area contributed by atoms with Gasteiger partial charge in [-0.2, -0.15) is 0 Å². The van der Waals surface area contributed by atoms with E-state index in [-0.39, 0.29) is 23.6 Å².